The molecular formula is C12H5Cl2N3O3. The molecule has 100 valence electrons. The number of nitro groups is 1. The molecule has 2 aromatic rings. The summed E-state index contributed by atoms with van der Waals surface area (Å²) in [4.78, 5) is 14.2. The van der Waals surface area contributed by atoms with Crippen LogP contribution in [-0.2, 0) is 0 Å². The molecule has 0 saturated carbocycles. The van der Waals surface area contributed by atoms with Crippen LogP contribution in [0.25, 0.3) is 0 Å². The van der Waals surface area contributed by atoms with Crippen LogP contribution in [0.3, 0.4) is 0 Å². The molecule has 0 aliphatic carbocycles. The molecule has 0 spiro atoms. The monoisotopic (exact) mass is 309 g/mol. The van der Waals surface area contributed by atoms with E-state index in [9.17, 15) is 10.1 Å². The third kappa shape index (κ3) is 2.79. The molecule has 0 unspecified atom stereocenters. The van der Waals surface area contributed by atoms with E-state index in [1.54, 1.807) is 6.07 Å². The standard InChI is InChI=1S/C12H5Cl2N3O3/c13-8-4-10(17(18)19)11(5-9(8)14)20-12-7(6-15)2-1-3-16-12/h1-5H. The summed E-state index contributed by atoms with van der Waals surface area (Å²) in [5, 5.41) is 20.0. The molecule has 8 heteroatoms. The van der Waals surface area contributed by atoms with Gasteiger partial charge in [-0.1, -0.05) is 23.2 Å². The molecule has 0 N–H and O–H groups in total. The van der Waals surface area contributed by atoms with Crippen LogP contribution >= 0.6 is 23.2 Å². The van der Waals surface area contributed by atoms with Crippen molar-refractivity contribution in [2.75, 3.05) is 0 Å². The van der Waals surface area contributed by atoms with Crippen molar-refractivity contribution in [2.24, 2.45) is 0 Å². The van der Waals surface area contributed by atoms with Crippen LogP contribution in [0.15, 0.2) is 30.5 Å². The molecule has 0 bridgehead atoms. The van der Waals surface area contributed by atoms with Gasteiger partial charge >= 0.3 is 5.69 Å². The van der Waals surface area contributed by atoms with E-state index in [4.69, 9.17) is 33.2 Å². The van der Waals surface area contributed by atoms with E-state index in [0.717, 1.165) is 6.07 Å². The van der Waals surface area contributed by atoms with E-state index in [-0.39, 0.29) is 32.9 Å². The molecule has 1 heterocycles. The van der Waals surface area contributed by atoms with Crippen molar-refractivity contribution < 1.29 is 9.66 Å². The van der Waals surface area contributed by atoms with E-state index >= 15 is 0 Å². The summed E-state index contributed by atoms with van der Waals surface area (Å²) in [7, 11) is 0. The Morgan fingerprint density at radius 1 is 1.35 bits per heavy atom. The lowest BCUT2D eigenvalue weighted by molar-refractivity contribution is -0.385. The average molecular weight is 310 g/mol. The fraction of sp³-hybridized carbons (Fsp3) is 0. The minimum atomic E-state index is -0.660. The Morgan fingerprint density at radius 2 is 2.05 bits per heavy atom. The normalized spacial score (nSPS) is 9.85. The smallest absolute Gasteiger partial charge is 0.313 e. The zero-order valence-corrected chi connectivity index (χ0v) is 11.2. The number of nitriles is 1. The van der Waals surface area contributed by atoms with Gasteiger partial charge in [0, 0.05) is 18.3 Å². The number of nitrogens with zero attached hydrogens (tertiary/aromatic N) is 3. The van der Waals surface area contributed by atoms with Crippen LogP contribution in [0, 0.1) is 21.4 Å². The highest BCUT2D eigenvalue weighted by Crippen LogP contribution is 2.38. The van der Waals surface area contributed by atoms with Crippen LogP contribution < -0.4 is 4.74 Å². The second kappa shape index (κ2) is 5.74. The first-order valence-corrected chi connectivity index (χ1v) is 5.95. The minimum Gasteiger partial charge on any atom is -0.430 e. The predicted molar refractivity (Wildman–Crippen MR) is 72.1 cm³/mol. The van der Waals surface area contributed by atoms with Crippen LogP contribution in [-0.4, -0.2) is 9.91 Å². The molecule has 0 amide bonds. The van der Waals surface area contributed by atoms with Crippen molar-refractivity contribution in [1.82, 2.24) is 4.98 Å². The summed E-state index contributed by atoms with van der Waals surface area (Å²) in [6, 6.07) is 7.19. The number of pyridine rings is 1. The van der Waals surface area contributed by atoms with Gasteiger partial charge in [0.1, 0.15) is 11.6 Å². The lowest BCUT2D eigenvalue weighted by Crippen LogP contribution is -1.96. The fourth-order valence-electron chi connectivity index (χ4n) is 1.40. The molecule has 6 nitrogen and oxygen atoms in total. The Labute approximate surface area is 123 Å². The second-order valence-corrected chi connectivity index (χ2v) is 4.38. The van der Waals surface area contributed by atoms with Crippen LogP contribution in [0.2, 0.25) is 10.0 Å². The quantitative estimate of drug-likeness (QED) is 0.632. The molecule has 0 aliphatic rings. The van der Waals surface area contributed by atoms with Gasteiger partial charge in [0.05, 0.1) is 15.0 Å². The van der Waals surface area contributed by atoms with Crippen LogP contribution in [0.1, 0.15) is 5.56 Å². The first-order valence-electron chi connectivity index (χ1n) is 5.19. The lowest BCUT2D eigenvalue weighted by Gasteiger charge is -2.07. The van der Waals surface area contributed by atoms with E-state index in [2.05, 4.69) is 4.98 Å². The van der Waals surface area contributed by atoms with Gasteiger partial charge in [-0.2, -0.15) is 5.26 Å². The van der Waals surface area contributed by atoms with Gasteiger partial charge < -0.3 is 4.74 Å². The summed E-state index contributed by atoms with van der Waals surface area (Å²) in [6.07, 6.45) is 1.40. The molecule has 1 aromatic carbocycles. The third-order valence-corrected chi connectivity index (χ3v) is 3.02. The number of halogens is 2. The zero-order chi connectivity index (χ0) is 14.7. The lowest BCUT2D eigenvalue weighted by atomic mass is 10.3. The zero-order valence-electron chi connectivity index (χ0n) is 9.71. The Kier molecular flexibility index (Phi) is 4.03. The second-order valence-electron chi connectivity index (χ2n) is 3.56. The molecule has 2 rings (SSSR count). The first-order chi connectivity index (χ1) is 9.52. The molecular weight excluding hydrogens is 305 g/mol. The fourth-order valence-corrected chi connectivity index (χ4v) is 1.72. The molecule has 0 radical (unpaired) electrons. The molecule has 20 heavy (non-hydrogen) atoms. The Bertz CT molecular complexity index is 728. The largest absolute Gasteiger partial charge is 0.430 e. The van der Waals surface area contributed by atoms with Crippen molar-refractivity contribution in [3.05, 3.63) is 56.2 Å². The highest BCUT2D eigenvalue weighted by molar-refractivity contribution is 6.42. The minimum absolute atomic E-state index is 0.0345. The number of nitro benzene ring substituents is 1. The Hall–Kier alpha value is -2.36. The SMILES string of the molecule is N#Cc1cccnc1Oc1cc(Cl)c(Cl)cc1[N+](=O)[O-]. The first kappa shape index (κ1) is 14.1. The van der Waals surface area contributed by atoms with Crippen molar-refractivity contribution in [3.63, 3.8) is 0 Å². The molecule has 1 aromatic heterocycles. The van der Waals surface area contributed by atoms with Gasteiger partial charge in [-0.15, -0.1) is 0 Å². The number of aromatic nitrogens is 1. The highest BCUT2D eigenvalue weighted by atomic mass is 35.5. The van der Waals surface area contributed by atoms with Crippen LogP contribution in [0.4, 0.5) is 5.69 Å². The van der Waals surface area contributed by atoms with Gasteiger partial charge in [-0.05, 0) is 12.1 Å². The maximum absolute atomic E-state index is 11.0. The Morgan fingerprint density at radius 3 is 2.70 bits per heavy atom. The van der Waals surface area contributed by atoms with Gasteiger partial charge in [-0.3, -0.25) is 10.1 Å². The number of hydrogen-bond donors (Lipinski definition) is 0. The number of rotatable bonds is 3. The van der Waals surface area contributed by atoms with Gasteiger partial charge in [-0.25, -0.2) is 4.98 Å². The molecule has 0 fully saturated rings. The third-order valence-electron chi connectivity index (χ3n) is 2.30. The maximum atomic E-state index is 11.0. The van der Waals surface area contributed by atoms with Crippen molar-refractivity contribution in [3.8, 4) is 17.7 Å². The summed E-state index contributed by atoms with van der Waals surface area (Å²) >= 11 is 11.5. The summed E-state index contributed by atoms with van der Waals surface area (Å²) in [5.74, 6) is -0.184. The summed E-state index contributed by atoms with van der Waals surface area (Å²) in [6.45, 7) is 0. The van der Waals surface area contributed by atoms with Gasteiger partial charge in [0.15, 0.2) is 0 Å². The van der Waals surface area contributed by atoms with Gasteiger partial charge in [0.2, 0.25) is 11.6 Å². The molecule has 0 saturated heterocycles. The van der Waals surface area contributed by atoms with E-state index in [1.165, 1.54) is 18.3 Å². The van der Waals surface area contributed by atoms with Crippen molar-refractivity contribution in [2.45, 2.75) is 0 Å². The molecule has 0 atom stereocenters. The maximum Gasteiger partial charge on any atom is 0.313 e. The van der Waals surface area contributed by atoms with Gasteiger partial charge in [0.25, 0.3) is 0 Å². The van der Waals surface area contributed by atoms with Crippen molar-refractivity contribution >= 4 is 28.9 Å². The summed E-state index contributed by atoms with van der Waals surface area (Å²) in [5.41, 5.74) is -0.221. The predicted octanol–water partition coefficient (Wildman–Crippen LogP) is 3.96. The number of benzene rings is 1. The highest BCUT2D eigenvalue weighted by Gasteiger charge is 2.20. The average Bonchev–Trinajstić information content (AvgIpc) is 2.43. The van der Waals surface area contributed by atoms with Crippen LogP contribution in [0.5, 0.6) is 11.6 Å². The molecule has 0 aliphatic heterocycles. The van der Waals surface area contributed by atoms with E-state index < -0.39 is 4.92 Å². The Balaban J connectivity index is 2.51. The van der Waals surface area contributed by atoms with Crippen molar-refractivity contribution in [1.29, 1.82) is 5.26 Å². The van der Waals surface area contributed by atoms with E-state index in [0.29, 0.717) is 0 Å². The number of ether oxygens (including phenoxy) is 1. The number of hydrogen-bond acceptors (Lipinski definition) is 5. The summed E-state index contributed by atoms with van der Waals surface area (Å²) < 4.78 is 5.31. The van der Waals surface area contributed by atoms with E-state index in [1.807, 2.05) is 6.07 Å². The topological polar surface area (TPSA) is 89.0 Å².